The molecule has 17 heavy (non-hydrogen) atoms. The van der Waals surface area contributed by atoms with Gasteiger partial charge in [-0.15, -0.1) is 0 Å². The summed E-state index contributed by atoms with van der Waals surface area (Å²) < 4.78 is 0.817. The van der Waals surface area contributed by atoms with Crippen LogP contribution in [0.5, 0.6) is 0 Å². The zero-order valence-corrected chi connectivity index (χ0v) is 11.6. The van der Waals surface area contributed by atoms with E-state index in [0.29, 0.717) is 11.0 Å². The first-order chi connectivity index (χ1) is 7.87. The average molecular weight is 298 g/mol. The Morgan fingerprint density at radius 3 is 2.65 bits per heavy atom. The first-order valence-corrected chi connectivity index (χ1v) is 6.45. The van der Waals surface area contributed by atoms with E-state index in [1.54, 1.807) is 12.1 Å². The maximum Gasteiger partial charge on any atom is 0.335 e. The van der Waals surface area contributed by atoms with Crippen LogP contribution in [0.1, 0.15) is 30.6 Å². The summed E-state index contributed by atoms with van der Waals surface area (Å²) in [6.07, 6.45) is 1.14. The molecular formula is C13H16BrNO2. The van der Waals surface area contributed by atoms with Crippen LogP contribution in [0.2, 0.25) is 0 Å². The van der Waals surface area contributed by atoms with Crippen LogP contribution in [-0.4, -0.2) is 24.2 Å². The Balaban J connectivity index is 2.30. The van der Waals surface area contributed by atoms with Crippen LogP contribution in [0.3, 0.4) is 0 Å². The van der Waals surface area contributed by atoms with Gasteiger partial charge in [0.25, 0.3) is 0 Å². The van der Waals surface area contributed by atoms with Crippen LogP contribution in [-0.2, 0) is 0 Å². The van der Waals surface area contributed by atoms with Gasteiger partial charge in [-0.25, -0.2) is 4.79 Å². The molecule has 0 saturated carbocycles. The maximum absolute atomic E-state index is 11.0. The molecule has 0 spiro atoms. The molecule has 1 fully saturated rings. The largest absolute Gasteiger partial charge is 0.478 e. The molecule has 0 radical (unpaired) electrons. The molecular weight excluding hydrogens is 282 g/mol. The Hall–Kier alpha value is -1.03. The lowest BCUT2D eigenvalue weighted by atomic mass is 9.93. The topological polar surface area (TPSA) is 40.5 Å². The SMILES string of the molecule is CC1(C)CCN(c2cc(Br)cc(C(=O)O)c2)C1. The summed E-state index contributed by atoms with van der Waals surface area (Å²) in [4.78, 5) is 13.3. The Morgan fingerprint density at radius 2 is 2.12 bits per heavy atom. The van der Waals surface area contributed by atoms with Gasteiger partial charge in [0.2, 0.25) is 0 Å². The first kappa shape index (κ1) is 12.4. The molecule has 0 unspecified atom stereocenters. The summed E-state index contributed by atoms with van der Waals surface area (Å²) in [7, 11) is 0. The molecule has 0 atom stereocenters. The molecule has 0 aliphatic carbocycles. The maximum atomic E-state index is 11.0. The van der Waals surface area contributed by atoms with Crippen LogP contribution < -0.4 is 4.90 Å². The molecule has 0 bridgehead atoms. The zero-order chi connectivity index (χ0) is 12.6. The van der Waals surface area contributed by atoms with Gasteiger partial charge in [0.15, 0.2) is 0 Å². The van der Waals surface area contributed by atoms with Gasteiger partial charge in [-0.1, -0.05) is 29.8 Å². The molecule has 1 aromatic rings. The van der Waals surface area contributed by atoms with E-state index in [9.17, 15) is 4.79 Å². The molecule has 92 valence electrons. The smallest absolute Gasteiger partial charge is 0.335 e. The number of halogens is 1. The molecule has 1 aliphatic heterocycles. The highest BCUT2D eigenvalue weighted by atomic mass is 79.9. The second-order valence-electron chi connectivity index (χ2n) is 5.34. The molecule has 3 nitrogen and oxygen atoms in total. The Morgan fingerprint density at radius 1 is 1.41 bits per heavy atom. The summed E-state index contributed by atoms with van der Waals surface area (Å²) in [5.74, 6) is -0.883. The van der Waals surface area contributed by atoms with Gasteiger partial charge in [-0.3, -0.25) is 0 Å². The van der Waals surface area contributed by atoms with Gasteiger partial charge >= 0.3 is 5.97 Å². The fraction of sp³-hybridized carbons (Fsp3) is 0.462. The molecule has 1 heterocycles. The van der Waals surface area contributed by atoms with Crippen molar-refractivity contribution in [1.29, 1.82) is 0 Å². The Bertz CT molecular complexity index is 457. The average Bonchev–Trinajstić information content (AvgIpc) is 2.58. The normalized spacial score (nSPS) is 18.4. The number of benzene rings is 1. The monoisotopic (exact) mass is 297 g/mol. The van der Waals surface area contributed by atoms with E-state index in [0.717, 1.165) is 29.7 Å². The van der Waals surface area contributed by atoms with Crippen molar-refractivity contribution in [3.05, 3.63) is 28.2 Å². The highest BCUT2D eigenvalue weighted by Crippen LogP contribution is 2.34. The fourth-order valence-electron chi connectivity index (χ4n) is 2.21. The highest BCUT2D eigenvalue weighted by molar-refractivity contribution is 9.10. The van der Waals surface area contributed by atoms with Crippen LogP contribution >= 0.6 is 15.9 Å². The molecule has 4 heteroatoms. The third-order valence-corrected chi connectivity index (χ3v) is 3.63. The number of hydrogen-bond acceptors (Lipinski definition) is 2. The van der Waals surface area contributed by atoms with Crippen LogP contribution in [0, 0.1) is 5.41 Å². The van der Waals surface area contributed by atoms with Crippen molar-refractivity contribution in [2.24, 2.45) is 5.41 Å². The van der Waals surface area contributed by atoms with Crippen LogP contribution in [0.15, 0.2) is 22.7 Å². The van der Waals surface area contributed by atoms with Crippen LogP contribution in [0.25, 0.3) is 0 Å². The van der Waals surface area contributed by atoms with Gasteiger partial charge < -0.3 is 10.0 Å². The van der Waals surface area contributed by atoms with Gasteiger partial charge in [0.05, 0.1) is 5.56 Å². The van der Waals surface area contributed by atoms with E-state index in [4.69, 9.17) is 5.11 Å². The molecule has 0 aromatic heterocycles. The summed E-state index contributed by atoms with van der Waals surface area (Å²) in [6, 6.07) is 5.36. The van der Waals surface area contributed by atoms with E-state index >= 15 is 0 Å². The summed E-state index contributed by atoms with van der Waals surface area (Å²) >= 11 is 3.37. The predicted molar refractivity (Wildman–Crippen MR) is 71.7 cm³/mol. The molecule has 1 saturated heterocycles. The summed E-state index contributed by atoms with van der Waals surface area (Å²) in [5.41, 5.74) is 1.63. The van der Waals surface area contributed by atoms with E-state index in [1.807, 2.05) is 6.07 Å². The van der Waals surface area contributed by atoms with Gasteiger partial charge in [0, 0.05) is 23.2 Å². The fourth-order valence-corrected chi connectivity index (χ4v) is 2.69. The van der Waals surface area contributed by atoms with E-state index in [2.05, 4.69) is 34.7 Å². The molecule has 2 rings (SSSR count). The van der Waals surface area contributed by atoms with Crippen molar-refractivity contribution < 1.29 is 9.90 Å². The van der Waals surface area contributed by atoms with E-state index in [1.165, 1.54) is 0 Å². The third-order valence-electron chi connectivity index (χ3n) is 3.17. The Labute approximate surface area is 110 Å². The molecule has 1 aliphatic rings. The lowest BCUT2D eigenvalue weighted by Crippen LogP contribution is -2.22. The number of carboxylic acid groups (broad SMARTS) is 1. The van der Waals surface area contributed by atoms with E-state index in [-0.39, 0.29) is 0 Å². The van der Waals surface area contributed by atoms with Crippen LogP contribution in [0.4, 0.5) is 5.69 Å². The standard InChI is InChI=1S/C13H16BrNO2/c1-13(2)3-4-15(8-13)11-6-9(12(16)17)5-10(14)7-11/h5-7H,3-4,8H2,1-2H3,(H,16,17). The predicted octanol–water partition coefficient (Wildman–Crippen LogP) is 3.38. The number of hydrogen-bond donors (Lipinski definition) is 1. The van der Waals surface area contributed by atoms with Gasteiger partial charge in [0.1, 0.15) is 0 Å². The minimum Gasteiger partial charge on any atom is -0.478 e. The number of carbonyl (C=O) groups is 1. The van der Waals surface area contributed by atoms with Crippen molar-refractivity contribution in [2.45, 2.75) is 20.3 Å². The summed E-state index contributed by atoms with van der Waals surface area (Å²) in [5, 5.41) is 9.04. The number of aromatic carboxylic acids is 1. The minimum atomic E-state index is -0.883. The van der Waals surface area contributed by atoms with Crippen molar-refractivity contribution in [1.82, 2.24) is 0 Å². The highest BCUT2D eigenvalue weighted by Gasteiger charge is 2.29. The van der Waals surface area contributed by atoms with E-state index < -0.39 is 5.97 Å². The minimum absolute atomic E-state index is 0.311. The second-order valence-corrected chi connectivity index (χ2v) is 6.25. The number of carboxylic acids is 1. The van der Waals surface area contributed by atoms with Gasteiger partial charge in [-0.2, -0.15) is 0 Å². The number of anilines is 1. The molecule has 0 amide bonds. The first-order valence-electron chi connectivity index (χ1n) is 5.66. The zero-order valence-electron chi connectivity index (χ0n) is 10.0. The number of nitrogens with zero attached hydrogens (tertiary/aromatic N) is 1. The van der Waals surface area contributed by atoms with Crippen molar-refractivity contribution in [3.63, 3.8) is 0 Å². The second kappa shape index (κ2) is 4.33. The number of rotatable bonds is 2. The van der Waals surface area contributed by atoms with Crippen molar-refractivity contribution >= 4 is 27.6 Å². The Kier molecular flexibility index (Phi) is 3.17. The lowest BCUT2D eigenvalue weighted by Gasteiger charge is -2.22. The van der Waals surface area contributed by atoms with Crippen molar-refractivity contribution in [3.8, 4) is 0 Å². The molecule has 1 N–H and O–H groups in total. The third kappa shape index (κ3) is 2.80. The summed E-state index contributed by atoms with van der Waals surface area (Å²) in [6.45, 7) is 6.44. The van der Waals surface area contributed by atoms with Crippen molar-refractivity contribution in [2.75, 3.05) is 18.0 Å². The lowest BCUT2D eigenvalue weighted by molar-refractivity contribution is 0.0697. The quantitative estimate of drug-likeness (QED) is 0.910. The molecule has 1 aromatic carbocycles. The van der Waals surface area contributed by atoms with Gasteiger partial charge in [-0.05, 0) is 30.0 Å².